The molecule has 0 aliphatic heterocycles. The maximum absolute atomic E-state index is 8.86. The van der Waals surface area contributed by atoms with Crippen molar-refractivity contribution in [3.05, 3.63) is 29.8 Å². The van der Waals surface area contributed by atoms with E-state index in [2.05, 4.69) is 16.3 Å². The number of nitrogen functional groups attached to an aromatic ring is 1. The number of aromatic nitrogens is 2. The van der Waals surface area contributed by atoms with Gasteiger partial charge in [-0.15, -0.1) is 10.2 Å². The molecule has 5 heteroatoms. The van der Waals surface area contributed by atoms with E-state index in [0.29, 0.717) is 15.7 Å². The van der Waals surface area contributed by atoms with Gasteiger partial charge in [-0.05, 0) is 6.07 Å². The molecular formula is C9H6N4S. The van der Waals surface area contributed by atoms with Crippen molar-refractivity contribution in [2.75, 3.05) is 5.73 Å². The molecule has 0 aliphatic carbocycles. The molecule has 1 heterocycles. The van der Waals surface area contributed by atoms with Gasteiger partial charge in [-0.3, -0.25) is 0 Å². The molecule has 0 atom stereocenters. The maximum Gasteiger partial charge on any atom is 0.203 e. The summed E-state index contributed by atoms with van der Waals surface area (Å²) in [5.41, 5.74) is 6.84. The Labute approximate surface area is 84.6 Å². The predicted octanol–water partition coefficient (Wildman–Crippen LogP) is 1.66. The first kappa shape index (κ1) is 8.66. The molecule has 0 aliphatic rings. The lowest BCUT2D eigenvalue weighted by Gasteiger charge is -1.96. The Morgan fingerprint density at radius 1 is 1.29 bits per heavy atom. The quantitative estimate of drug-likeness (QED) is 0.763. The van der Waals surface area contributed by atoms with E-state index in [0.717, 1.165) is 5.56 Å². The molecule has 14 heavy (non-hydrogen) atoms. The Bertz CT molecular complexity index is 498. The summed E-state index contributed by atoms with van der Waals surface area (Å²) in [5, 5.41) is 17.5. The van der Waals surface area contributed by atoms with Crippen molar-refractivity contribution in [2.24, 2.45) is 0 Å². The summed E-state index contributed by atoms with van der Waals surface area (Å²) in [6.07, 6.45) is 0. The summed E-state index contributed by atoms with van der Waals surface area (Å²) in [5.74, 6) is 0. The van der Waals surface area contributed by atoms with Gasteiger partial charge >= 0.3 is 0 Å². The van der Waals surface area contributed by atoms with Crippen LogP contribution in [0.2, 0.25) is 0 Å². The summed E-state index contributed by atoms with van der Waals surface area (Å²) in [6, 6.07) is 9.34. The lowest BCUT2D eigenvalue weighted by molar-refractivity contribution is 1.10. The zero-order chi connectivity index (χ0) is 9.97. The highest BCUT2D eigenvalue weighted by atomic mass is 32.1. The molecular weight excluding hydrogens is 196 g/mol. The predicted molar refractivity (Wildman–Crippen MR) is 54.5 cm³/mol. The van der Waals surface area contributed by atoms with Gasteiger partial charge in [-0.25, -0.2) is 0 Å². The second-order valence-electron chi connectivity index (χ2n) is 2.60. The summed E-state index contributed by atoms with van der Waals surface area (Å²) < 4.78 is 0. The zero-order valence-corrected chi connectivity index (χ0v) is 7.95. The van der Waals surface area contributed by atoms with Crippen molar-refractivity contribution in [3.63, 3.8) is 0 Å². The Morgan fingerprint density at radius 3 is 2.71 bits per heavy atom. The van der Waals surface area contributed by atoms with Crippen LogP contribution in [-0.2, 0) is 0 Å². The fourth-order valence-corrected chi connectivity index (χ4v) is 1.76. The minimum absolute atomic E-state index is 0.410. The highest BCUT2D eigenvalue weighted by molar-refractivity contribution is 7.18. The van der Waals surface area contributed by atoms with E-state index < -0.39 is 0 Å². The van der Waals surface area contributed by atoms with Crippen molar-refractivity contribution < 1.29 is 0 Å². The molecule has 1 aromatic heterocycles. The van der Waals surface area contributed by atoms with Crippen LogP contribution in [0, 0.1) is 11.3 Å². The number of benzene rings is 1. The van der Waals surface area contributed by atoms with E-state index in [1.807, 2.05) is 18.2 Å². The fourth-order valence-electron chi connectivity index (χ4n) is 1.11. The topological polar surface area (TPSA) is 75.6 Å². The van der Waals surface area contributed by atoms with Crippen LogP contribution in [0.4, 0.5) is 5.13 Å². The van der Waals surface area contributed by atoms with Crippen LogP contribution < -0.4 is 5.73 Å². The molecule has 0 amide bonds. The van der Waals surface area contributed by atoms with Crippen molar-refractivity contribution in [2.45, 2.75) is 0 Å². The van der Waals surface area contributed by atoms with Gasteiger partial charge in [0.2, 0.25) is 5.13 Å². The zero-order valence-electron chi connectivity index (χ0n) is 7.14. The SMILES string of the molecule is N#Cc1ccccc1-c1nnc(N)s1. The van der Waals surface area contributed by atoms with E-state index in [1.165, 1.54) is 11.3 Å². The third kappa shape index (κ3) is 1.43. The van der Waals surface area contributed by atoms with Crippen LogP contribution >= 0.6 is 11.3 Å². The standard InChI is InChI=1S/C9H6N4S/c10-5-6-3-1-2-4-7(6)8-12-13-9(11)14-8/h1-4H,(H2,11,13). The molecule has 0 saturated heterocycles. The maximum atomic E-state index is 8.86. The molecule has 2 aromatic rings. The first-order valence-electron chi connectivity index (χ1n) is 3.90. The number of hydrogen-bond acceptors (Lipinski definition) is 5. The average Bonchev–Trinajstić information content (AvgIpc) is 2.65. The Morgan fingerprint density at radius 2 is 2.07 bits per heavy atom. The molecule has 4 nitrogen and oxygen atoms in total. The lowest BCUT2D eigenvalue weighted by atomic mass is 10.1. The van der Waals surface area contributed by atoms with E-state index >= 15 is 0 Å². The molecule has 0 unspecified atom stereocenters. The summed E-state index contributed by atoms with van der Waals surface area (Å²) in [7, 11) is 0. The minimum atomic E-state index is 0.410. The number of nitrogens with zero attached hydrogens (tertiary/aromatic N) is 3. The van der Waals surface area contributed by atoms with Gasteiger partial charge in [0.05, 0.1) is 11.6 Å². The molecule has 0 saturated carbocycles. The smallest absolute Gasteiger partial charge is 0.203 e. The molecule has 0 fully saturated rings. The number of rotatable bonds is 1. The second kappa shape index (κ2) is 3.44. The molecule has 2 N–H and O–H groups in total. The highest BCUT2D eigenvalue weighted by Gasteiger charge is 2.08. The third-order valence-corrected chi connectivity index (χ3v) is 2.50. The summed E-state index contributed by atoms with van der Waals surface area (Å²) >= 11 is 1.27. The number of nitriles is 1. The van der Waals surface area contributed by atoms with Crippen molar-refractivity contribution in [3.8, 4) is 16.6 Å². The minimum Gasteiger partial charge on any atom is -0.374 e. The third-order valence-electron chi connectivity index (χ3n) is 1.72. The molecule has 1 aromatic carbocycles. The van der Waals surface area contributed by atoms with E-state index in [9.17, 15) is 0 Å². The molecule has 0 spiro atoms. The average molecular weight is 202 g/mol. The fraction of sp³-hybridized carbons (Fsp3) is 0. The van der Waals surface area contributed by atoms with Crippen LogP contribution in [0.3, 0.4) is 0 Å². The molecule has 0 radical (unpaired) electrons. The Kier molecular flexibility index (Phi) is 2.13. The van der Waals surface area contributed by atoms with Gasteiger partial charge in [0.1, 0.15) is 0 Å². The van der Waals surface area contributed by atoms with Gasteiger partial charge < -0.3 is 5.73 Å². The van der Waals surface area contributed by atoms with Crippen LogP contribution in [0.15, 0.2) is 24.3 Å². The second-order valence-corrected chi connectivity index (χ2v) is 3.61. The van der Waals surface area contributed by atoms with Crippen LogP contribution in [0.1, 0.15) is 5.56 Å². The first-order chi connectivity index (χ1) is 6.81. The lowest BCUT2D eigenvalue weighted by Crippen LogP contribution is -1.82. The number of hydrogen-bond donors (Lipinski definition) is 1. The van der Waals surface area contributed by atoms with E-state index in [1.54, 1.807) is 6.07 Å². The molecule has 2 rings (SSSR count). The molecule has 0 bridgehead atoms. The van der Waals surface area contributed by atoms with Crippen LogP contribution in [-0.4, -0.2) is 10.2 Å². The van der Waals surface area contributed by atoms with Crippen LogP contribution in [0.25, 0.3) is 10.6 Å². The number of nitrogens with two attached hydrogens (primary N) is 1. The number of anilines is 1. The first-order valence-corrected chi connectivity index (χ1v) is 4.71. The largest absolute Gasteiger partial charge is 0.374 e. The summed E-state index contributed by atoms with van der Waals surface area (Å²) in [6.45, 7) is 0. The van der Waals surface area contributed by atoms with Crippen molar-refractivity contribution >= 4 is 16.5 Å². The highest BCUT2D eigenvalue weighted by Crippen LogP contribution is 2.26. The van der Waals surface area contributed by atoms with E-state index in [4.69, 9.17) is 11.0 Å². The molecule has 68 valence electrons. The van der Waals surface area contributed by atoms with Gasteiger partial charge in [0, 0.05) is 5.56 Å². The van der Waals surface area contributed by atoms with E-state index in [-0.39, 0.29) is 0 Å². The Balaban J connectivity index is 2.57. The normalized spacial score (nSPS) is 9.64. The monoisotopic (exact) mass is 202 g/mol. The van der Waals surface area contributed by atoms with Gasteiger partial charge in [0.15, 0.2) is 5.01 Å². The summed E-state index contributed by atoms with van der Waals surface area (Å²) in [4.78, 5) is 0. The van der Waals surface area contributed by atoms with Crippen molar-refractivity contribution in [1.29, 1.82) is 5.26 Å². The van der Waals surface area contributed by atoms with Crippen LogP contribution in [0.5, 0.6) is 0 Å². The van der Waals surface area contributed by atoms with Gasteiger partial charge in [0.25, 0.3) is 0 Å². The Hall–Kier alpha value is -1.93. The van der Waals surface area contributed by atoms with Gasteiger partial charge in [-0.2, -0.15) is 5.26 Å². The van der Waals surface area contributed by atoms with Crippen molar-refractivity contribution in [1.82, 2.24) is 10.2 Å². The van der Waals surface area contributed by atoms with Gasteiger partial charge in [-0.1, -0.05) is 29.5 Å².